The van der Waals surface area contributed by atoms with Gasteiger partial charge in [-0.05, 0) is 31.8 Å². The van der Waals surface area contributed by atoms with Crippen LogP contribution in [0.5, 0.6) is 0 Å². The van der Waals surface area contributed by atoms with E-state index in [1.54, 1.807) is 4.90 Å². The zero-order valence-electron chi connectivity index (χ0n) is 9.50. The Hall–Kier alpha value is -1.10. The molecule has 2 saturated heterocycles. The van der Waals surface area contributed by atoms with Crippen molar-refractivity contribution in [3.63, 3.8) is 0 Å². The lowest BCUT2D eigenvalue weighted by molar-refractivity contribution is -0.135. The number of hydrogen-bond donors (Lipinski definition) is 2. The summed E-state index contributed by atoms with van der Waals surface area (Å²) in [5, 5.41) is 6.03. The normalized spacial score (nSPS) is 26.4. The first-order chi connectivity index (χ1) is 7.75. The summed E-state index contributed by atoms with van der Waals surface area (Å²) in [4.78, 5) is 25.0. The number of hydrogen-bond acceptors (Lipinski definition) is 3. The molecule has 0 aromatic carbocycles. The molecule has 2 fully saturated rings. The lowest BCUT2D eigenvalue weighted by Crippen LogP contribution is -2.38. The van der Waals surface area contributed by atoms with Gasteiger partial charge >= 0.3 is 0 Å². The molecule has 16 heavy (non-hydrogen) atoms. The van der Waals surface area contributed by atoms with Gasteiger partial charge in [-0.1, -0.05) is 0 Å². The van der Waals surface area contributed by atoms with Crippen molar-refractivity contribution in [2.75, 3.05) is 32.7 Å². The Morgan fingerprint density at radius 3 is 3.06 bits per heavy atom. The summed E-state index contributed by atoms with van der Waals surface area (Å²) in [6.07, 6.45) is 2.52. The smallest absolute Gasteiger partial charge is 0.239 e. The molecule has 2 rings (SSSR count). The van der Waals surface area contributed by atoms with Crippen molar-refractivity contribution in [3.8, 4) is 0 Å². The van der Waals surface area contributed by atoms with Crippen LogP contribution in [0.2, 0.25) is 0 Å². The molecule has 2 amide bonds. The molecule has 1 atom stereocenters. The summed E-state index contributed by atoms with van der Waals surface area (Å²) < 4.78 is 0. The Kier molecular flexibility index (Phi) is 3.77. The van der Waals surface area contributed by atoms with E-state index in [0.717, 1.165) is 25.9 Å². The Morgan fingerprint density at radius 2 is 2.31 bits per heavy atom. The highest BCUT2D eigenvalue weighted by atomic mass is 16.2. The maximum Gasteiger partial charge on any atom is 0.239 e. The van der Waals surface area contributed by atoms with Crippen molar-refractivity contribution in [2.45, 2.75) is 19.3 Å². The second-order valence-electron chi connectivity index (χ2n) is 4.58. The summed E-state index contributed by atoms with van der Waals surface area (Å²) in [5.74, 6) is 0.556. The minimum atomic E-state index is -0.0320. The van der Waals surface area contributed by atoms with Gasteiger partial charge in [-0.3, -0.25) is 9.59 Å². The van der Waals surface area contributed by atoms with Crippen LogP contribution in [0.1, 0.15) is 19.3 Å². The summed E-state index contributed by atoms with van der Waals surface area (Å²) in [6, 6.07) is 0. The Morgan fingerprint density at radius 1 is 1.44 bits per heavy atom. The molecule has 2 aliphatic rings. The Balaban J connectivity index is 1.84. The largest absolute Gasteiger partial charge is 0.354 e. The third-order valence-electron chi connectivity index (χ3n) is 3.24. The maximum atomic E-state index is 12.0. The predicted molar refractivity (Wildman–Crippen MR) is 59.8 cm³/mol. The van der Waals surface area contributed by atoms with E-state index in [2.05, 4.69) is 10.6 Å². The van der Waals surface area contributed by atoms with E-state index in [1.807, 2.05) is 0 Å². The Bertz CT molecular complexity index is 274. The van der Waals surface area contributed by atoms with Crippen LogP contribution in [0, 0.1) is 5.92 Å². The molecule has 1 unspecified atom stereocenters. The van der Waals surface area contributed by atoms with Crippen LogP contribution in [0.3, 0.4) is 0 Å². The number of carbonyl (C=O) groups is 2. The first kappa shape index (κ1) is 11.4. The maximum absolute atomic E-state index is 12.0. The van der Waals surface area contributed by atoms with Crippen LogP contribution in [0.4, 0.5) is 0 Å². The van der Waals surface area contributed by atoms with E-state index in [4.69, 9.17) is 0 Å². The summed E-state index contributed by atoms with van der Waals surface area (Å²) in [5.41, 5.74) is 0. The van der Waals surface area contributed by atoms with Gasteiger partial charge in [0.15, 0.2) is 0 Å². The van der Waals surface area contributed by atoms with Gasteiger partial charge in [0.25, 0.3) is 0 Å². The quantitative estimate of drug-likeness (QED) is 0.655. The second kappa shape index (κ2) is 5.30. The zero-order chi connectivity index (χ0) is 11.4. The summed E-state index contributed by atoms with van der Waals surface area (Å²) >= 11 is 0. The Labute approximate surface area is 95.6 Å². The fourth-order valence-corrected chi connectivity index (χ4v) is 2.28. The second-order valence-corrected chi connectivity index (χ2v) is 4.58. The standard InChI is InChI=1S/C11H19N3O2/c15-10-8-14(5-1-3-13-10)11(16)6-9-2-4-12-7-9/h9,12H,1-8H2,(H,13,15). The molecule has 0 spiro atoms. The van der Waals surface area contributed by atoms with E-state index < -0.39 is 0 Å². The van der Waals surface area contributed by atoms with Crippen LogP contribution >= 0.6 is 0 Å². The van der Waals surface area contributed by atoms with Crippen LogP contribution in [0.15, 0.2) is 0 Å². The molecule has 2 heterocycles. The van der Waals surface area contributed by atoms with E-state index in [9.17, 15) is 9.59 Å². The average molecular weight is 225 g/mol. The van der Waals surface area contributed by atoms with Crippen molar-refractivity contribution >= 4 is 11.8 Å². The lowest BCUT2D eigenvalue weighted by Gasteiger charge is -2.20. The molecule has 2 aliphatic heterocycles. The molecule has 5 heteroatoms. The SMILES string of the molecule is O=C1CN(C(=O)CC2CCNC2)CCCN1. The predicted octanol–water partition coefficient (Wildman–Crippen LogP) is -0.665. The molecule has 0 aromatic heterocycles. The van der Waals surface area contributed by atoms with Gasteiger partial charge in [0.1, 0.15) is 0 Å². The van der Waals surface area contributed by atoms with Crippen LogP contribution in [0.25, 0.3) is 0 Å². The molecule has 0 radical (unpaired) electrons. The van der Waals surface area contributed by atoms with Crippen LogP contribution in [-0.4, -0.2) is 49.4 Å². The van der Waals surface area contributed by atoms with E-state index >= 15 is 0 Å². The first-order valence-corrected chi connectivity index (χ1v) is 6.01. The van der Waals surface area contributed by atoms with Gasteiger partial charge in [0, 0.05) is 19.5 Å². The van der Waals surface area contributed by atoms with Crippen LogP contribution in [-0.2, 0) is 9.59 Å². The van der Waals surface area contributed by atoms with Crippen molar-refractivity contribution < 1.29 is 9.59 Å². The fraction of sp³-hybridized carbons (Fsp3) is 0.818. The third kappa shape index (κ3) is 2.95. The van der Waals surface area contributed by atoms with Gasteiger partial charge in [-0.2, -0.15) is 0 Å². The number of nitrogens with zero attached hydrogens (tertiary/aromatic N) is 1. The van der Waals surface area contributed by atoms with Gasteiger partial charge < -0.3 is 15.5 Å². The molecular weight excluding hydrogens is 206 g/mol. The zero-order valence-corrected chi connectivity index (χ0v) is 9.50. The molecule has 2 N–H and O–H groups in total. The molecule has 0 aromatic rings. The van der Waals surface area contributed by atoms with Crippen LogP contribution < -0.4 is 10.6 Å². The van der Waals surface area contributed by atoms with Crippen molar-refractivity contribution in [1.82, 2.24) is 15.5 Å². The van der Waals surface area contributed by atoms with Crippen molar-refractivity contribution in [2.24, 2.45) is 5.92 Å². The molecule has 0 bridgehead atoms. The van der Waals surface area contributed by atoms with E-state index in [-0.39, 0.29) is 18.4 Å². The molecular formula is C11H19N3O2. The monoisotopic (exact) mass is 225 g/mol. The minimum Gasteiger partial charge on any atom is -0.354 e. The molecule has 90 valence electrons. The number of carbonyl (C=O) groups excluding carboxylic acids is 2. The van der Waals surface area contributed by atoms with E-state index in [1.165, 1.54) is 0 Å². The first-order valence-electron chi connectivity index (χ1n) is 6.01. The highest BCUT2D eigenvalue weighted by molar-refractivity contribution is 5.85. The molecule has 5 nitrogen and oxygen atoms in total. The van der Waals surface area contributed by atoms with Gasteiger partial charge in [-0.15, -0.1) is 0 Å². The number of amides is 2. The minimum absolute atomic E-state index is 0.0320. The fourth-order valence-electron chi connectivity index (χ4n) is 2.28. The average Bonchev–Trinajstić information content (AvgIpc) is 2.65. The van der Waals surface area contributed by atoms with Gasteiger partial charge in [0.2, 0.25) is 11.8 Å². The summed E-state index contributed by atoms with van der Waals surface area (Å²) in [6.45, 7) is 3.58. The van der Waals surface area contributed by atoms with Gasteiger partial charge in [0.05, 0.1) is 6.54 Å². The number of nitrogens with one attached hydrogen (secondary N) is 2. The summed E-state index contributed by atoms with van der Waals surface area (Å²) in [7, 11) is 0. The number of rotatable bonds is 2. The molecule has 0 aliphatic carbocycles. The van der Waals surface area contributed by atoms with Crippen molar-refractivity contribution in [3.05, 3.63) is 0 Å². The topological polar surface area (TPSA) is 61.4 Å². The lowest BCUT2D eigenvalue weighted by atomic mass is 10.0. The van der Waals surface area contributed by atoms with Crippen molar-refractivity contribution in [1.29, 1.82) is 0 Å². The highest BCUT2D eigenvalue weighted by Crippen LogP contribution is 2.14. The highest BCUT2D eigenvalue weighted by Gasteiger charge is 2.24. The van der Waals surface area contributed by atoms with Gasteiger partial charge in [-0.25, -0.2) is 0 Å². The van der Waals surface area contributed by atoms with E-state index in [0.29, 0.717) is 25.4 Å². The third-order valence-corrected chi connectivity index (χ3v) is 3.24. The molecule has 0 saturated carbocycles.